The summed E-state index contributed by atoms with van der Waals surface area (Å²) in [6.45, 7) is 15.3. The second kappa shape index (κ2) is 23.1. The molecule has 1 amide bonds. The molecule has 0 radical (unpaired) electrons. The Hall–Kier alpha value is -1.37. The lowest BCUT2D eigenvalue weighted by atomic mass is 10.2. The predicted octanol–water partition coefficient (Wildman–Crippen LogP) is 2.55. The number of nitriles is 1. The molecule has 0 aromatic carbocycles. The van der Waals surface area contributed by atoms with Crippen LogP contribution in [0.5, 0.6) is 0 Å². The van der Waals surface area contributed by atoms with E-state index in [4.69, 9.17) is 28.9 Å². The standard InChI is InChI=1S/C25H45N3O6S/c1-22(2)7-6-10-28-24(29)8-12-30-15-18-33-19-20-34-25(5,35-21-26)9-13-31-16-17-32-14-11-27-23(3)4/h22-23,27H,8-20H2,1-5H3,(H,28,29). The lowest BCUT2D eigenvalue weighted by Crippen LogP contribution is -2.28. The van der Waals surface area contributed by atoms with Crippen LogP contribution in [0.4, 0.5) is 0 Å². The number of carbonyl (C=O) groups is 1. The van der Waals surface area contributed by atoms with Crippen molar-refractivity contribution >= 4 is 17.7 Å². The highest BCUT2D eigenvalue weighted by Gasteiger charge is 2.26. The van der Waals surface area contributed by atoms with E-state index in [0.717, 1.165) is 18.3 Å². The molecule has 0 heterocycles. The largest absolute Gasteiger partial charge is 0.379 e. The fraction of sp³-hybridized carbons (Fsp3) is 0.840. The van der Waals surface area contributed by atoms with Crippen molar-refractivity contribution in [2.75, 3.05) is 72.6 Å². The molecule has 0 saturated heterocycles. The Morgan fingerprint density at radius 3 is 2.14 bits per heavy atom. The number of hydrogen-bond donors (Lipinski definition) is 2. The summed E-state index contributed by atoms with van der Waals surface area (Å²) in [4.78, 5) is 11.0. The number of thiocyanates is 1. The van der Waals surface area contributed by atoms with Gasteiger partial charge in [0.15, 0.2) is 0 Å². The summed E-state index contributed by atoms with van der Waals surface area (Å²) >= 11 is 1.08. The lowest BCUT2D eigenvalue weighted by molar-refractivity contribution is -0.122. The molecule has 0 fully saturated rings. The third-order valence-electron chi connectivity index (χ3n) is 4.38. The van der Waals surface area contributed by atoms with Crippen LogP contribution in [0.25, 0.3) is 0 Å². The van der Waals surface area contributed by atoms with Crippen LogP contribution in [0.15, 0.2) is 0 Å². The van der Waals surface area contributed by atoms with Crippen molar-refractivity contribution in [2.24, 2.45) is 5.92 Å². The molecule has 0 aliphatic carbocycles. The third-order valence-corrected chi connectivity index (χ3v) is 5.22. The van der Waals surface area contributed by atoms with Gasteiger partial charge in [0.1, 0.15) is 10.3 Å². The van der Waals surface area contributed by atoms with Crippen molar-refractivity contribution in [1.82, 2.24) is 10.6 Å². The molecule has 0 bridgehead atoms. The minimum Gasteiger partial charge on any atom is -0.379 e. The molecule has 0 spiro atoms. The Bertz CT molecular complexity index is 633. The number of thioether (sulfide) groups is 1. The predicted molar refractivity (Wildman–Crippen MR) is 139 cm³/mol. The molecule has 35 heavy (non-hydrogen) atoms. The SMILES string of the molecule is CC(C)C#CCNC(=O)CCOCCOCCOC(C)(CCOCCOCCNC(C)C)SC#N. The average Bonchev–Trinajstić information content (AvgIpc) is 2.79. The van der Waals surface area contributed by atoms with Gasteiger partial charge in [-0.05, 0) is 18.7 Å². The minimum absolute atomic E-state index is 0.0814. The Morgan fingerprint density at radius 1 is 0.914 bits per heavy atom. The molecule has 0 aliphatic heterocycles. The molecular weight excluding hydrogens is 470 g/mol. The zero-order chi connectivity index (χ0) is 26.2. The molecule has 0 rings (SSSR count). The molecule has 1 atom stereocenters. The number of amides is 1. The van der Waals surface area contributed by atoms with Crippen molar-refractivity contribution in [3.05, 3.63) is 0 Å². The number of carbonyl (C=O) groups excluding carboxylic acids is 1. The van der Waals surface area contributed by atoms with Crippen LogP contribution in [-0.4, -0.2) is 89.4 Å². The molecule has 2 N–H and O–H groups in total. The van der Waals surface area contributed by atoms with Crippen LogP contribution in [0.2, 0.25) is 0 Å². The molecule has 9 nitrogen and oxygen atoms in total. The summed E-state index contributed by atoms with van der Waals surface area (Å²) in [6, 6.07) is 0.453. The van der Waals surface area contributed by atoms with Crippen molar-refractivity contribution in [3.63, 3.8) is 0 Å². The van der Waals surface area contributed by atoms with Crippen LogP contribution < -0.4 is 10.6 Å². The first-order chi connectivity index (χ1) is 16.8. The van der Waals surface area contributed by atoms with Gasteiger partial charge in [-0.25, -0.2) is 0 Å². The summed E-state index contributed by atoms with van der Waals surface area (Å²) in [5.74, 6) is 6.11. The van der Waals surface area contributed by atoms with Gasteiger partial charge in [-0.15, -0.1) is 0 Å². The van der Waals surface area contributed by atoms with Gasteiger partial charge in [0.05, 0.1) is 66.0 Å². The van der Waals surface area contributed by atoms with Gasteiger partial charge in [0.2, 0.25) is 5.91 Å². The molecule has 202 valence electrons. The fourth-order valence-electron chi connectivity index (χ4n) is 2.54. The lowest BCUT2D eigenvalue weighted by Gasteiger charge is -2.26. The third kappa shape index (κ3) is 24.1. The molecule has 10 heteroatoms. The van der Waals surface area contributed by atoms with E-state index in [2.05, 4.69) is 41.7 Å². The maximum atomic E-state index is 11.6. The molecule has 0 saturated carbocycles. The highest BCUT2D eigenvalue weighted by molar-refractivity contribution is 8.04. The Labute approximate surface area is 216 Å². The fourth-order valence-corrected chi connectivity index (χ4v) is 3.06. The molecule has 1 unspecified atom stereocenters. The zero-order valence-electron chi connectivity index (χ0n) is 22.2. The van der Waals surface area contributed by atoms with E-state index in [0.29, 0.717) is 90.8 Å². The number of rotatable bonds is 22. The number of hydrogen-bond acceptors (Lipinski definition) is 9. The summed E-state index contributed by atoms with van der Waals surface area (Å²) in [6.07, 6.45) is 0.869. The van der Waals surface area contributed by atoms with E-state index in [-0.39, 0.29) is 5.91 Å². The number of nitrogens with one attached hydrogen (secondary N) is 2. The van der Waals surface area contributed by atoms with Crippen molar-refractivity contribution in [3.8, 4) is 17.2 Å². The van der Waals surface area contributed by atoms with Gasteiger partial charge in [-0.2, -0.15) is 5.26 Å². The second-order valence-corrected chi connectivity index (χ2v) is 9.74. The van der Waals surface area contributed by atoms with Gasteiger partial charge in [0, 0.05) is 31.3 Å². The Morgan fingerprint density at radius 2 is 1.51 bits per heavy atom. The number of ether oxygens (including phenoxy) is 5. The topological polar surface area (TPSA) is 111 Å². The van der Waals surface area contributed by atoms with E-state index >= 15 is 0 Å². The van der Waals surface area contributed by atoms with E-state index in [1.807, 2.05) is 20.8 Å². The summed E-state index contributed by atoms with van der Waals surface area (Å²) < 4.78 is 27.9. The second-order valence-electron chi connectivity index (χ2n) is 8.49. The molecular formula is C25H45N3O6S. The van der Waals surface area contributed by atoms with Crippen LogP contribution in [0.3, 0.4) is 0 Å². The highest BCUT2D eigenvalue weighted by atomic mass is 32.2. The first-order valence-electron chi connectivity index (χ1n) is 12.3. The summed E-state index contributed by atoms with van der Waals surface area (Å²) in [7, 11) is 0. The monoisotopic (exact) mass is 515 g/mol. The molecule has 0 aliphatic rings. The van der Waals surface area contributed by atoms with Gasteiger partial charge in [-0.1, -0.05) is 39.5 Å². The number of nitrogens with zero attached hydrogens (tertiary/aromatic N) is 1. The normalized spacial score (nSPS) is 12.7. The van der Waals surface area contributed by atoms with E-state index in [1.54, 1.807) is 0 Å². The Balaban J connectivity index is 3.71. The van der Waals surface area contributed by atoms with E-state index in [9.17, 15) is 4.79 Å². The van der Waals surface area contributed by atoms with E-state index < -0.39 is 4.93 Å². The maximum absolute atomic E-state index is 11.6. The molecule has 0 aromatic heterocycles. The van der Waals surface area contributed by atoms with E-state index in [1.165, 1.54) is 0 Å². The minimum atomic E-state index is -0.663. The Kier molecular flexibility index (Phi) is 22.2. The van der Waals surface area contributed by atoms with Crippen molar-refractivity contribution in [1.29, 1.82) is 5.26 Å². The van der Waals surface area contributed by atoms with Crippen molar-refractivity contribution in [2.45, 2.75) is 58.4 Å². The van der Waals surface area contributed by atoms with Gasteiger partial charge in [0.25, 0.3) is 0 Å². The summed E-state index contributed by atoms with van der Waals surface area (Å²) in [5.41, 5.74) is 0. The summed E-state index contributed by atoms with van der Waals surface area (Å²) in [5, 5.41) is 17.2. The van der Waals surface area contributed by atoms with Crippen LogP contribution >= 0.6 is 11.8 Å². The zero-order valence-corrected chi connectivity index (χ0v) is 23.0. The van der Waals surface area contributed by atoms with Crippen molar-refractivity contribution < 1.29 is 28.5 Å². The van der Waals surface area contributed by atoms with Gasteiger partial charge >= 0.3 is 0 Å². The quantitative estimate of drug-likeness (QED) is 0.0972. The van der Waals surface area contributed by atoms with Crippen LogP contribution in [0, 0.1) is 28.4 Å². The van der Waals surface area contributed by atoms with Crippen LogP contribution in [-0.2, 0) is 28.5 Å². The smallest absolute Gasteiger partial charge is 0.223 e. The first kappa shape index (κ1) is 33.6. The van der Waals surface area contributed by atoms with Gasteiger partial charge in [-0.3, -0.25) is 4.79 Å². The first-order valence-corrected chi connectivity index (χ1v) is 13.1. The average molecular weight is 516 g/mol. The van der Waals surface area contributed by atoms with Crippen LogP contribution in [0.1, 0.15) is 47.5 Å². The molecule has 0 aromatic rings. The highest BCUT2D eigenvalue weighted by Crippen LogP contribution is 2.29. The van der Waals surface area contributed by atoms with Gasteiger partial charge < -0.3 is 34.3 Å². The maximum Gasteiger partial charge on any atom is 0.223 e.